The van der Waals surface area contributed by atoms with Crippen molar-refractivity contribution in [3.05, 3.63) is 12.7 Å². The van der Waals surface area contributed by atoms with Crippen molar-refractivity contribution in [3.63, 3.8) is 0 Å². The van der Waals surface area contributed by atoms with Gasteiger partial charge in [0.1, 0.15) is 19.0 Å². The van der Waals surface area contributed by atoms with Gasteiger partial charge in [0, 0.05) is 20.8 Å². The summed E-state index contributed by atoms with van der Waals surface area (Å²) in [5.41, 5.74) is 0.324. The molecule has 0 saturated carbocycles. The molecule has 0 aliphatic carbocycles. The van der Waals surface area contributed by atoms with Crippen molar-refractivity contribution >= 4 is 29.1 Å². The van der Waals surface area contributed by atoms with Crippen LogP contribution in [0.5, 0.6) is 5.88 Å². The van der Waals surface area contributed by atoms with E-state index in [9.17, 15) is 19.5 Å². The van der Waals surface area contributed by atoms with Crippen LogP contribution in [0.15, 0.2) is 12.7 Å². The molecule has 3 heterocycles. The van der Waals surface area contributed by atoms with Crippen LogP contribution in [0.4, 0.5) is 0 Å². The summed E-state index contributed by atoms with van der Waals surface area (Å²) in [6.07, 6.45) is -1.58. The van der Waals surface area contributed by atoms with Gasteiger partial charge >= 0.3 is 17.9 Å². The SMILES string of the molecule is CC(=O)OC[C@H]1O[C@@H](n2cnc3c(O)ncnc32)[C@@H](OC(C)=O)C1OC(C)=O. The Morgan fingerprint density at radius 1 is 1.07 bits per heavy atom. The molecule has 1 fully saturated rings. The van der Waals surface area contributed by atoms with Crippen molar-refractivity contribution in [2.75, 3.05) is 6.61 Å². The van der Waals surface area contributed by atoms with Gasteiger partial charge in [-0.1, -0.05) is 0 Å². The van der Waals surface area contributed by atoms with E-state index in [0.717, 1.165) is 6.33 Å². The monoisotopic (exact) mass is 394 g/mol. The highest BCUT2D eigenvalue weighted by atomic mass is 16.7. The number of carbonyl (C=O) groups is 3. The van der Waals surface area contributed by atoms with Crippen LogP contribution < -0.4 is 0 Å². The number of hydrogen-bond acceptors (Lipinski definition) is 11. The molecule has 12 nitrogen and oxygen atoms in total. The molecule has 3 rings (SSSR count). The van der Waals surface area contributed by atoms with Crippen LogP contribution >= 0.6 is 0 Å². The van der Waals surface area contributed by atoms with E-state index >= 15 is 0 Å². The molecule has 0 amide bonds. The second-order valence-corrected chi connectivity index (χ2v) is 6.04. The molecule has 1 saturated heterocycles. The first kappa shape index (κ1) is 19.5. The van der Waals surface area contributed by atoms with Crippen molar-refractivity contribution in [1.82, 2.24) is 19.5 Å². The molecular weight excluding hydrogens is 376 g/mol. The maximum atomic E-state index is 11.6. The fourth-order valence-corrected chi connectivity index (χ4v) is 2.94. The van der Waals surface area contributed by atoms with E-state index in [1.165, 1.54) is 31.7 Å². The van der Waals surface area contributed by atoms with Gasteiger partial charge in [-0.25, -0.2) is 9.97 Å². The predicted octanol–water partition coefficient (Wildman–Crippen LogP) is -0.144. The molecule has 4 atom stereocenters. The fraction of sp³-hybridized carbons (Fsp3) is 0.500. The number of esters is 3. The van der Waals surface area contributed by atoms with Crippen LogP contribution in [-0.2, 0) is 33.3 Å². The Hall–Kier alpha value is -3.28. The maximum Gasteiger partial charge on any atom is 0.303 e. The van der Waals surface area contributed by atoms with Crippen LogP contribution in [0, 0.1) is 0 Å². The lowest BCUT2D eigenvalue weighted by Gasteiger charge is -2.23. The van der Waals surface area contributed by atoms with Crippen LogP contribution in [0.2, 0.25) is 0 Å². The minimum atomic E-state index is -1.07. The highest BCUT2D eigenvalue weighted by Crippen LogP contribution is 2.36. The van der Waals surface area contributed by atoms with Gasteiger partial charge in [-0.05, 0) is 0 Å². The lowest BCUT2D eigenvalue weighted by atomic mass is 10.1. The first-order valence-electron chi connectivity index (χ1n) is 8.27. The topological polar surface area (TPSA) is 152 Å². The van der Waals surface area contributed by atoms with E-state index in [0.29, 0.717) is 0 Å². The highest BCUT2D eigenvalue weighted by molar-refractivity contribution is 5.75. The first-order chi connectivity index (χ1) is 13.3. The Morgan fingerprint density at radius 3 is 2.39 bits per heavy atom. The van der Waals surface area contributed by atoms with Gasteiger partial charge < -0.3 is 24.1 Å². The first-order valence-corrected chi connectivity index (χ1v) is 8.27. The minimum Gasteiger partial charge on any atom is -0.492 e. The lowest BCUT2D eigenvalue weighted by Crippen LogP contribution is -2.40. The molecule has 12 heteroatoms. The van der Waals surface area contributed by atoms with Crippen molar-refractivity contribution in [2.45, 2.75) is 45.3 Å². The third-order valence-corrected chi connectivity index (χ3v) is 3.95. The van der Waals surface area contributed by atoms with Crippen molar-refractivity contribution in [2.24, 2.45) is 0 Å². The zero-order chi connectivity index (χ0) is 20.4. The molecule has 0 spiro atoms. The minimum absolute atomic E-state index is 0.111. The average molecular weight is 394 g/mol. The Morgan fingerprint density at radius 2 is 1.75 bits per heavy atom. The molecule has 1 unspecified atom stereocenters. The summed E-state index contributed by atoms with van der Waals surface area (Å²) < 4.78 is 22.9. The molecule has 1 aliphatic heterocycles. The number of fused-ring (bicyclic) bond motifs is 1. The number of aromatic nitrogens is 4. The van der Waals surface area contributed by atoms with Crippen LogP contribution in [0.1, 0.15) is 27.0 Å². The number of nitrogens with zero attached hydrogens (tertiary/aromatic N) is 4. The number of rotatable bonds is 5. The Labute approximate surface area is 158 Å². The Balaban J connectivity index is 2.01. The number of hydrogen-bond donors (Lipinski definition) is 1. The zero-order valence-corrected chi connectivity index (χ0v) is 15.3. The van der Waals surface area contributed by atoms with Crippen molar-refractivity contribution in [1.29, 1.82) is 0 Å². The summed E-state index contributed by atoms with van der Waals surface area (Å²) in [4.78, 5) is 46.1. The number of aromatic hydroxyl groups is 1. The second-order valence-electron chi connectivity index (χ2n) is 6.04. The van der Waals surface area contributed by atoms with E-state index < -0.39 is 42.4 Å². The molecule has 1 N–H and O–H groups in total. The third-order valence-electron chi connectivity index (χ3n) is 3.95. The summed E-state index contributed by atoms with van der Waals surface area (Å²) in [7, 11) is 0. The van der Waals surface area contributed by atoms with Gasteiger partial charge in [0.2, 0.25) is 5.88 Å². The Kier molecular flexibility index (Phi) is 5.40. The number of carbonyl (C=O) groups excluding carboxylic acids is 3. The van der Waals surface area contributed by atoms with Gasteiger partial charge in [0.25, 0.3) is 0 Å². The van der Waals surface area contributed by atoms with E-state index in [1.807, 2.05) is 0 Å². The maximum absolute atomic E-state index is 11.6. The smallest absolute Gasteiger partial charge is 0.303 e. The largest absolute Gasteiger partial charge is 0.492 e. The molecule has 0 radical (unpaired) electrons. The van der Waals surface area contributed by atoms with E-state index in [1.54, 1.807) is 0 Å². The van der Waals surface area contributed by atoms with Crippen molar-refractivity contribution in [3.8, 4) is 5.88 Å². The lowest BCUT2D eigenvalue weighted by molar-refractivity contribution is -0.166. The summed E-state index contributed by atoms with van der Waals surface area (Å²) in [5, 5.41) is 9.83. The quantitative estimate of drug-likeness (QED) is 0.532. The molecular formula is C16H18N4O8. The van der Waals surface area contributed by atoms with E-state index in [-0.39, 0.29) is 23.7 Å². The standard InChI is InChI=1S/C16H18N4O8/c1-7(21)25-4-10-12(26-8(2)22)13(27-9(3)23)16(28-10)20-6-19-11-14(20)17-5-18-15(11)24/h5-6,10,12-13,16H,4H2,1-3H3,(H,17,18,24)/t10-,12?,13+,16-/m1/s1. The molecule has 0 bridgehead atoms. The second kappa shape index (κ2) is 7.76. The molecule has 1 aliphatic rings. The molecule has 150 valence electrons. The van der Waals surface area contributed by atoms with Gasteiger partial charge in [0.05, 0.1) is 6.33 Å². The van der Waals surface area contributed by atoms with Crippen molar-refractivity contribution < 1.29 is 38.4 Å². The van der Waals surface area contributed by atoms with Crippen LogP contribution in [0.3, 0.4) is 0 Å². The van der Waals surface area contributed by atoms with E-state index in [2.05, 4.69) is 15.0 Å². The Bertz CT molecular complexity index is 913. The molecule has 0 aromatic carbocycles. The van der Waals surface area contributed by atoms with Gasteiger partial charge in [-0.2, -0.15) is 4.98 Å². The molecule has 28 heavy (non-hydrogen) atoms. The zero-order valence-electron chi connectivity index (χ0n) is 15.3. The average Bonchev–Trinajstić information content (AvgIpc) is 3.16. The van der Waals surface area contributed by atoms with Crippen LogP contribution in [-0.4, -0.2) is 67.5 Å². The van der Waals surface area contributed by atoms with E-state index in [4.69, 9.17) is 18.9 Å². The third kappa shape index (κ3) is 3.86. The molecule has 2 aromatic rings. The fourth-order valence-electron chi connectivity index (χ4n) is 2.94. The summed E-state index contributed by atoms with van der Waals surface area (Å²) in [6, 6.07) is 0. The highest BCUT2D eigenvalue weighted by Gasteiger charge is 2.51. The number of imidazole rings is 1. The van der Waals surface area contributed by atoms with Gasteiger partial charge in [0.15, 0.2) is 29.6 Å². The number of ether oxygens (including phenoxy) is 4. The normalized spacial score (nSPS) is 24.1. The summed E-state index contributed by atoms with van der Waals surface area (Å²) >= 11 is 0. The van der Waals surface area contributed by atoms with Crippen LogP contribution in [0.25, 0.3) is 11.2 Å². The summed E-state index contributed by atoms with van der Waals surface area (Å²) in [6.45, 7) is 3.38. The summed E-state index contributed by atoms with van der Waals surface area (Å²) in [5.74, 6) is -2.15. The van der Waals surface area contributed by atoms with Gasteiger partial charge in [-0.3, -0.25) is 19.0 Å². The molecule has 2 aromatic heterocycles. The predicted molar refractivity (Wildman–Crippen MR) is 88.6 cm³/mol. The van der Waals surface area contributed by atoms with Gasteiger partial charge in [-0.15, -0.1) is 0 Å².